The Bertz CT molecular complexity index is 499. The van der Waals surface area contributed by atoms with Gasteiger partial charge < -0.3 is 5.11 Å². The number of fused-ring (bicyclic) bond motifs is 5. The lowest BCUT2D eigenvalue weighted by molar-refractivity contribution is 0.128. The van der Waals surface area contributed by atoms with Crippen LogP contribution in [0.2, 0.25) is 0 Å². The molecule has 0 heterocycles. The average molecular weight is 260 g/mol. The molecule has 5 unspecified atom stereocenters. The van der Waals surface area contributed by atoms with Gasteiger partial charge in [0.2, 0.25) is 0 Å². The van der Waals surface area contributed by atoms with Gasteiger partial charge in [-0.05, 0) is 91.5 Å². The van der Waals surface area contributed by atoms with Gasteiger partial charge in [-0.15, -0.1) is 0 Å². The lowest BCUT2D eigenvalue weighted by atomic mass is 9.90. The first kappa shape index (κ1) is 11.9. The number of hydrogen-bond acceptors (Lipinski definition) is 1. The molecule has 1 aromatic carbocycles. The normalized spacial score (nSPS) is 40.3. The van der Waals surface area contributed by atoms with Gasteiger partial charge in [-0.2, -0.15) is 0 Å². The van der Waals surface area contributed by atoms with Crippen molar-refractivity contribution >= 4 is 0 Å². The minimum Gasteiger partial charge on any atom is -0.388 e. The molecule has 0 spiro atoms. The van der Waals surface area contributed by atoms with Gasteiger partial charge in [0.15, 0.2) is 0 Å². The van der Waals surface area contributed by atoms with E-state index in [2.05, 4.69) is 0 Å². The Balaban J connectivity index is 1.64. The van der Waals surface area contributed by atoms with Gasteiger partial charge in [-0.1, -0.05) is 0 Å². The Kier molecular flexibility index (Phi) is 2.39. The number of hydrogen-bond donors (Lipinski definition) is 1. The first-order chi connectivity index (χ1) is 9.08. The molecule has 4 rings (SSSR count). The number of aryl methyl sites for hydroxylation is 2. The Labute approximate surface area is 113 Å². The van der Waals surface area contributed by atoms with Crippen LogP contribution in [0.1, 0.15) is 42.1 Å². The SMILES string of the molecule is Cc1cc(F)cc(C)c1C(O)C1C2C3CCC(C3)C21. The molecule has 2 bridgehead atoms. The molecule has 3 fully saturated rings. The van der Waals surface area contributed by atoms with E-state index in [-0.39, 0.29) is 11.9 Å². The van der Waals surface area contributed by atoms with E-state index in [1.807, 2.05) is 13.8 Å². The van der Waals surface area contributed by atoms with Gasteiger partial charge in [0.1, 0.15) is 5.82 Å². The number of rotatable bonds is 2. The summed E-state index contributed by atoms with van der Waals surface area (Å²) >= 11 is 0. The van der Waals surface area contributed by atoms with Crippen LogP contribution in [0.5, 0.6) is 0 Å². The maximum atomic E-state index is 13.4. The second-order valence-corrected chi connectivity index (χ2v) is 6.96. The number of aliphatic hydroxyl groups is 1. The molecule has 3 aliphatic carbocycles. The predicted octanol–water partition coefficient (Wildman–Crippen LogP) is 3.77. The molecular weight excluding hydrogens is 239 g/mol. The molecule has 2 heteroatoms. The highest BCUT2D eigenvalue weighted by molar-refractivity contribution is 5.38. The quantitative estimate of drug-likeness (QED) is 0.858. The molecule has 5 atom stereocenters. The fourth-order valence-electron chi connectivity index (χ4n) is 5.40. The fraction of sp³-hybridized carbons (Fsp3) is 0.647. The summed E-state index contributed by atoms with van der Waals surface area (Å²) in [6.45, 7) is 3.84. The minimum absolute atomic E-state index is 0.193. The Morgan fingerprint density at radius 1 is 1.11 bits per heavy atom. The molecule has 102 valence electrons. The highest BCUT2D eigenvalue weighted by atomic mass is 19.1. The van der Waals surface area contributed by atoms with Gasteiger partial charge in [0.05, 0.1) is 6.10 Å². The van der Waals surface area contributed by atoms with E-state index >= 15 is 0 Å². The molecule has 19 heavy (non-hydrogen) atoms. The zero-order valence-electron chi connectivity index (χ0n) is 11.6. The van der Waals surface area contributed by atoms with E-state index in [0.29, 0.717) is 5.92 Å². The van der Waals surface area contributed by atoms with Crippen molar-refractivity contribution in [3.63, 3.8) is 0 Å². The molecule has 1 nitrogen and oxygen atoms in total. The summed E-state index contributed by atoms with van der Waals surface area (Å²) in [6.07, 6.45) is 3.77. The van der Waals surface area contributed by atoms with E-state index in [1.54, 1.807) is 12.1 Å². The lowest BCUT2D eigenvalue weighted by Crippen LogP contribution is -2.11. The van der Waals surface area contributed by atoms with Crippen molar-refractivity contribution in [2.75, 3.05) is 0 Å². The maximum Gasteiger partial charge on any atom is 0.123 e. The number of aliphatic hydroxyl groups excluding tert-OH is 1. The van der Waals surface area contributed by atoms with Crippen molar-refractivity contribution in [1.29, 1.82) is 0 Å². The maximum absolute atomic E-state index is 13.4. The molecule has 3 saturated carbocycles. The van der Waals surface area contributed by atoms with Crippen LogP contribution in [-0.2, 0) is 0 Å². The topological polar surface area (TPSA) is 20.2 Å². The third kappa shape index (κ3) is 1.56. The average Bonchev–Trinajstić information content (AvgIpc) is 2.77. The van der Waals surface area contributed by atoms with Crippen molar-refractivity contribution < 1.29 is 9.50 Å². The minimum atomic E-state index is -0.376. The number of halogens is 1. The van der Waals surface area contributed by atoms with Crippen LogP contribution in [-0.4, -0.2) is 5.11 Å². The molecular formula is C17H21FO. The van der Waals surface area contributed by atoms with E-state index in [4.69, 9.17) is 0 Å². The first-order valence-electron chi connectivity index (χ1n) is 7.52. The zero-order chi connectivity index (χ0) is 13.3. The number of benzene rings is 1. The second kappa shape index (κ2) is 3.82. The van der Waals surface area contributed by atoms with Crippen LogP contribution in [0.4, 0.5) is 4.39 Å². The van der Waals surface area contributed by atoms with Crippen LogP contribution in [0.25, 0.3) is 0 Å². The molecule has 0 aromatic heterocycles. The Hall–Kier alpha value is -0.890. The van der Waals surface area contributed by atoms with E-state index in [0.717, 1.165) is 40.4 Å². The van der Waals surface area contributed by atoms with Gasteiger partial charge in [-0.3, -0.25) is 0 Å². The Morgan fingerprint density at radius 2 is 1.63 bits per heavy atom. The molecule has 1 N–H and O–H groups in total. The highest BCUT2D eigenvalue weighted by Crippen LogP contribution is 2.72. The molecule has 0 amide bonds. The van der Waals surface area contributed by atoms with Crippen molar-refractivity contribution in [3.8, 4) is 0 Å². The van der Waals surface area contributed by atoms with Gasteiger partial charge >= 0.3 is 0 Å². The van der Waals surface area contributed by atoms with Crippen LogP contribution >= 0.6 is 0 Å². The summed E-state index contributed by atoms with van der Waals surface area (Å²) in [5, 5.41) is 10.8. The molecule has 1 aromatic rings. The standard InChI is InChI=1S/C17H21FO/c1-8-5-12(18)6-9(2)13(8)17(19)16-14-10-3-4-11(7-10)15(14)16/h5-6,10-11,14-17,19H,3-4,7H2,1-2H3. The van der Waals surface area contributed by atoms with Crippen LogP contribution in [0.3, 0.4) is 0 Å². The third-order valence-corrected chi connectivity index (χ3v) is 6.01. The van der Waals surface area contributed by atoms with Crippen LogP contribution in [0.15, 0.2) is 12.1 Å². The molecule has 0 radical (unpaired) electrons. The Morgan fingerprint density at radius 3 is 2.16 bits per heavy atom. The third-order valence-electron chi connectivity index (χ3n) is 6.01. The van der Waals surface area contributed by atoms with Crippen molar-refractivity contribution in [2.24, 2.45) is 29.6 Å². The predicted molar refractivity (Wildman–Crippen MR) is 72.1 cm³/mol. The van der Waals surface area contributed by atoms with E-state index in [9.17, 15) is 9.50 Å². The summed E-state index contributed by atoms with van der Waals surface area (Å²) in [7, 11) is 0. The van der Waals surface area contributed by atoms with Gasteiger partial charge in [0.25, 0.3) is 0 Å². The summed E-state index contributed by atoms with van der Waals surface area (Å²) in [5.41, 5.74) is 2.80. The first-order valence-corrected chi connectivity index (χ1v) is 7.52. The summed E-state index contributed by atoms with van der Waals surface area (Å²) < 4.78 is 13.4. The zero-order valence-corrected chi connectivity index (χ0v) is 11.6. The monoisotopic (exact) mass is 260 g/mol. The van der Waals surface area contributed by atoms with Crippen molar-refractivity contribution in [1.82, 2.24) is 0 Å². The molecule has 0 aliphatic heterocycles. The summed E-state index contributed by atoms with van der Waals surface area (Å²) in [6, 6.07) is 3.11. The summed E-state index contributed by atoms with van der Waals surface area (Å²) in [4.78, 5) is 0. The molecule has 0 saturated heterocycles. The largest absolute Gasteiger partial charge is 0.388 e. The van der Waals surface area contributed by atoms with Crippen LogP contribution in [0, 0.1) is 49.3 Å². The van der Waals surface area contributed by atoms with E-state index in [1.165, 1.54) is 19.3 Å². The van der Waals surface area contributed by atoms with Crippen molar-refractivity contribution in [2.45, 2.75) is 39.2 Å². The van der Waals surface area contributed by atoms with Crippen LogP contribution < -0.4 is 0 Å². The molecule has 3 aliphatic rings. The van der Waals surface area contributed by atoms with Gasteiger partial charge in [0, 0.05) is 0 Å². The highest BCUT2D eigenvalue weighted by Gasteiger charge is 2.66. The fourth-order valence-corrected chi connectivity index (χ4v) is 5.40. The van der Waals surface area contributed by atoms with Gasteiger partial charge in [-0.25, -0.2) is 4.39 Å². The lowest BCUT2D eigenvalue weighted by Gasteiger charge is -2.20. The summed E-state index contributed by atoms with van der Waals surface area (Å²) in [5.74, 6) is 3.53. The smallest absolute Gasteiger partial charge is 0.123 e. The second-order valence-electron chi connectivity index (χ2n) is 6.96. The van der Waals surface area contributed by atoms with Crippen molar-refractivity contribution in [3.05, 3.63) is 34.6 Å². The van der Waals surface area contributed by atoms with E-state index < -0.39 is 0 Å².